The fraction of sp³-hybridized carbons (Fsp3) is 0.375. The zero-order valence-electron chi connectivity index (χ0n) is 13.4. The maximum atomic E-state index is 12.4. The molecule has 2 N–H and O–H groups in total. The van der Waals surface area contributed by atoms with E-state index in [0.29, 0.717) is 17.3 Å². The van der Waals surface area contributed by atoms with Crippen LogP contribution in [0.4, 0.5) is 5.69 Å². The summed E-state index contributed by atoms with van der Waals surface area (Å²) < 4.78 is 0. The van der Waals surface area contributed by atoms with E-state index in [1.807, 2.05) is 31.2 Å². The first kappa shape index (κ1) is 17.2. The lowest BCUT2D eigenvalue weighted by Gasteiger charge is -2.14. The molecule has 1 atom stereocenters. The third kappa shape index (κ3) is 4.66. The van der Waals surface area contributed by atoms with Gasteiger partial charge in [0.05, 0.1) is 5.25 Å². The Hall–Kier alpha value is -2.15. The lowest BCUT2D eigenvalue weighted by atomic mass is 10.1. The van der Waals surface area contributed by atoms with E-state index in [1.54, 1.807) is 6.92 Å². The Labute approximate surface area is 139 Å². The van der Waals surface area contributed by atoms with Crippen molar-refractivity contribution in [1.29, 1.82) is 0 Å². The quantitative estimate of drug-likeness (QED) is 0.794. The SMILES string of the molecule is CCc1ccc(NC(=O)C(CC)Sc2nnc(C)c(=O)[nH]2)cc1. The number of benzene rings is 1. The minimum absolute atomic E-state index is 0.120. The maximum absolute atomic E-state index is 12.4. The molecule has 0 radical (unpaired) electrons. The molecular formula is C16H20N4O2S. The van der Waals surface area contributed by atoms with Crippen LogP contribution in [-0.2, 0) is 11.2 Å². The van der Waals surface area contributed by atoms with E-state index < -0.39 is 0 Å². The highest BCUT2D eigenvalue weighted by Crippen LogP contribution is 2.22. The summed E-state index contributed by atoms with van der Waals surface area (Å²) in [6.07, 6.45) is 1.57. The molecule has 2 aromatic rings. The van der Waals surface area contributed by atoms with E-state index in [1.165, 1.54) is 17.3 Å². The van der Waals surface area contributed by atoms with Gasteiger partial charge in [0.2, 0.25) is 5.91 Å². The topological polar surface area (TPSA) is 87.7 Å². The average molecular weight is 332 g/mol. The number of aryl methyl sites for hydroxylation is 2. The molecule has 2 rings (SSSR count). The van der Waals surface area contributed by atoms with Gasteiger partial charge in [-0.05, 0) is 37.5 Å². The molecule has 0 saturated carbocycles. The molecule has 6 nitrogen and oxygen atoms in total. The number of nitrogens with one attached hydrogen (secondary N) is 2. The molecule has 7 heteroatoms. The normalized spacial score (nSPS) is 12.0. The van der Waals surface area contributed by atoms with Crippen molar-refractivity contribution in [3.63, 3.8) is 0 Å². The number of aromatic nitrogens is 3. The fourth-order valence-corrected chi connectivity index (χ4v) is 2.78. The number of carbonyl (C=O) groups excluding carboxylic acids is 1. The van der Waals surface area contributed by atoms with Crippen LogP contribution in [0.5, 0.6) is 0 Å². The molecular weight excluding hydrogens is 312 g/mol. The van der Waals surface area contributed by atoms with Gasteiger partial charge in [-0.3, -0.25) is 14.6 Å². The molecule has 1 aromatic carbocycles. The molecule has 0 saturated heterocycles. The van der Waals surface area contributed by atoms with Gasteiger partial charge in [-0.25, -0.2) is 0 Å². The van der Waals surface area contributed by atoms with Crippen molar-refractivity contribution < 1.29 is 4.79 Å². The monoisotopic (exact) mass is 332 g/mol. The smallest absolute Gasteiger partial charge is 0.273 e. The summed E-state index contributed by atoms with van der Waals surface area (Å²) in [5, 5.41) is 10.6. The van der Waals surface area contributed by atoms with Crippen LogP contribution in [0.1, 0.15) is 31.5 Å². The predicted octanol–water partition coefficient (Wildman–Crippen LogP) is 2.55. The van der Waals surface area contributed by atoms with E-state index in [-0.39, 0.29) is 16.7 Å². The summed E-state index contributed by atoms with van der Waals surface area (Å²) >= 11 is 1.21. The first-order valence-corrected chi connectivity index (χ1v) is 8.41. The van der Waals surface area contributed by atoms with Crippen molar-refractivity contribution >= 4 is 23.4 Å². The molecule has 122 valence electrons. The van der Waals surface area contributed by atoms with Crippen molar-refractivity contribution in [3.8, 4) is 0 Å². The molecule has 1 unspecified atom stereocenters. The predicted molar refractivity (Wildman–Crippen MR) is 91.8 cm³/mol. The van der Waals surface area contributed by atoms with Crippen LogP contribution in [0.15, 0.2) is 34.2 Å². The Morgan fingerprint density at radius 1 is 1.26 bits per heavy atom. The molecule has 1 amide bonds. The van der Waals surface area contributed by atoms with Crippen molar-refractivity contribution in [2.45, 2.75) is 44.0 Å². The molecule has 0 bridgehead atoms. The Bertz CT molecular complexity index is 728. The fourth-order valence-electron chi connectivity index (χ4n) is 1.93. The standard InChI is InChI=1S/C16H20N4O2S/c1-4-11-6-8-12(9-7-11)17-15(22)13(5-2)23-16-18-14(21)10(3)19-20-16/h6-9,13H,4-5H2,1-3H3,(H,17,22)(H,18,20,21). The second-order valence-corrected chi connectivity index (χ2v) is 6.29. The van der Waals surface area contributed by atoms with Crippen molar-refractivity contribution in [2.24, 2.45) is 0 Å². The van der Waals surface area contributed by atoms with Gasteiger partial charge in [0.15, 0.2) is 5.16 Å². The van der Waals surface area contributed by atoms with E-state index in [0.717, 1.165) is 12.1 Å². The van der Waals surface area contributed by atoms with E-state index in [2.05, 4.69) is 27.4 Å². The lowest BCUT2D eigenvalue weighted by Crippen LogP contribution is -2.25. The summed E-state index contributed by atoms with van der Waals surface area (Å²) in [7, 11) is 0. The van der Waals surface area contributed by atoms with Gasteiger partial charge in [-0.2, -0.15) is 0 Å². The number of aromatic amines is 1. The van der Waals surface area contributed by atoms with Gasteiger partial charge >= 0.3 is 0 Å². The molecule has 0 fully saturated rings. The molecule has 0 aliphatic heterocycles. The number of nitrogens with zero attached hydrogens (tertiary/aromatic N) is 2. The highest BCUT2D eigenvalue weighted by molar-refractivity contribution is 8.00. The Morgan fingerprint density at radius 3 is 2.52 bits per heavy atom. The molecule has 1 heterocycles. The van der Waals surface area contributed by atoms with Crippen molar-refractivity contribution in [2.75, 3.05) is 5.32 Å². The van der Waals surface area contributed by atoms with Crippen LogP contribution in [0.2, 0.25) is 0 Å². The highest BCUT2D eigenvalue weighted by atomic mass is 32.2. The summed E-state index contributed by atoms with van der Waals surface area (Å²) in [6, 6.07) is 7.77. The summed E-state index contributed by atoms with van der Waals surface area (Å²) in [5.74, 6) is -0.120. The summed E-state index contributed by atoms with van der Waals surface area (Å²) in [5.41, 5.74) is 2.00. The van der Waals surface area contributed by atoms with E-state index in [4.69, 9.17) is 0 Å². The third-order valence-electron chi connectivity index (χ3n) is 3.39. The van der Waals surface area contributed by atoms with Crippen molar-refractivity contribution in [1.82, 2.24) is 15.2 Å². The second kappa shape index (κ2) is 7.92. The molecule has 0 aliphatic rings. The minimum atomic E-state index is -0.353. The number of carbonyl (C=O) groups is 1. The first-order valence-electron chi connectivity index (χ1n) is 7.53. The zero-order chi connectivity index (χ0) is 16.8. The highest BCUT2D eigenvalue weighted by Gasteiger charge is 2.19. The third-order valence-corrected chi connectivity index (χ3v) is 4.63. The van der Waals surface area contributed by atoms with Gasteiger partial charge in [0.1, 0.15) is 5.69 Å². The molecule has 0 spiro atoms. The summed E-state index contributed by atoms with van der Waals surface area (Å²) in [6.45, 7) is 5.59. The van der Waals surface area contributed by atoms with Crippen LogP contribution in [0.25, 0.3) is 0 Å². The van der Waals surface area contributed by atoms with Gasteiger partial charge in [0.25, 0.3) is 5.56 Å². The van der Waals surface area contributed by atoms with Gasteiger partial charge in [-0.1, -0.05) is 37.7 Å². The second-order valence-electron chi connectivity index (χ2n) is 5.10. The van der Waals surface area contributed by atoms with Gasteiger partial charge < -0.3 is 5.32 Å². The van der Waals surface area contributed by atoms with E-state index in [9.17, 15) is 9.59 Å². The Balaban J connectivity index is 2.05. The Morgan fingerprint density at radius 2 is 1.96 bits per heavy atom. The largest absolute Gasteiger partial charge is 0.325 e. The average Bonchev–Trinajstić information content (AvgIpc) is 2.56. The van der Waals surface area contributed by atoms with Crippen LogP contribution >= 0.6 is 11.8 Å². The van der Waals surface area contributed by atoms with Crippen LogP contribution in [0, 0.1) is 6.92 Å². The first-order chi connectivity index (χ1) is 11.0. The number of thioether (sulfide) groups is 1. The van der Waals surface area contributed by atoms with Gasteiger partial charge in [-0.15, -0.1) is 10.2 Å². The number of hydrogen-bond donors (Lipinski definition) is 2. The number of hydrogen-bond acceptors (Lipinski definition) is 5. The van der Waals surface area contributed by atoms with Gasteiger partial charge in [0, 0.05) is 5.69 Å². The zero-order valence-corrected chi connectivity index (χ0v) is 14.2. The molecule has 1 aromatic heterocycles. The number of H-pyrrole nitrogens is 1. The number of amides is 1. The number of anilines is 1. The van der Waals surface area contributed by atoms with Crippen LogP contribution in [0.3, 0.4) is 0 Å². The lowest BCUT2D eigenvalue weighted by molar-refractivity contribution is -0.115. The molecule has 0 aliphatic carbocycles. The summed E-state index contributed by atoms with van der Waals surface area (Å²) in [4.78, 5) is 26.6. The minimum Gasteiger partial charge on any atom is -0.325 e. The Kier molecular flexibility index (Phi) is 5.92. The molecule has 23 heavy (non-hydrogen) atoms. The van der Waals surface area contributed by atoms with E-state index >= 15 is 0 Å². The van der Waals surface area contributed by atoms with Crippen molar-refractivity contribution in [3.05, 3.63) is 45.9 Å². The maximum Gasteiger partial charge on any atom is 0.273 e. The van der Waals surface area contributed by atoms with Crippen LogP contribution < -0.4 is 10.9 Å². The number of rotatable bonds is 6. The van der Waals surface area contributed by atoms with Crippen LogP contribution in [-0.4, -0.2) is 26.3 Å².